The molecule has 3 atom stereocenters. The first-order valence-corrected chi connectivity index (χ1v) is 9.10. The van der Waals surface area contributed by atoms with E-state index in [2.05, 4.69) is 10.6 Å². The molecule has 3 N–H and O–H groups in total. The number of alkyl halides is 6. The smallest absolute Gasteiger partial charge is 0.339 e. The predicted octanol–water partition coefficient (Wildman–Crippen LogP) is 3.60. The fraction of sp³-hybridized carbons (Fsp3) is 0.300. The van der Waals surface area contributed by atoms with Crippen molar-refractivity contribution in [2.24, 2.45) is 0 Å². The molecule has 1 aliphatic rings. The van der Waals surface area contributed by atoms with Crippen LogP contribution in [0.25, 0.3) is 0 Å². The largest absolute Gasteiger partial charge is 0.416 e. The van der Waals surface area contributed by atoms with Crippen LogP contribution in [-0.4, -0.2) is 24.0 Å². The maximum absolute atomic E-state index is 13.5. The summed E-state index contributed by atoms with van der Waals surface area (Å²) in [6.45, 7) is 0. The Balaban J connectivity index is 1.78. The lowest BCUT2D eigenvalue weighted by Gasteiger charge is -2.32. The van der Waals surface area contributed by atoms with Gasteiger partial charge in [0.15, 0.2) is 6.04 Å². The molecule has 2 amide bonds. The first-order chi connectivity index (χ1) is 14.4. The molecular formula is C20H17F6N3O2. The molecule has 2 aromatic rings. The molecule has 0 spiro atoms. The Hall–Kier alpha value is -3.08. The summed E-state index contributed by atoms with van der Waals surface area (Å²) in [6.07, 6.45) is -10.9. The van der Waals surface area contributed by atoms with Crippen molar-refractivity contribution < 1.29 is 35.9 Å². The van der Waals surface area contributed by atoms with Gasteiger partial charge in [-0.3, -0.25) is 14.9 Å². The molecule has 166 valence electrons. The van der Waals surface area contributed by atoms with Crippen LogP contribution in [0.5, 0.6) is 0 Å². The van der Waals surface area contributed by atoms with E-state index in [1.165, 1.54) is 0 Å². The van der Waals surface area contributed by atoms with Gasteiger partial charge in [0.1, 0.15) is 6.17 Å². The van der Waals surface area contributed by atoms with E-state index in [0.717, 1.165) is 0 Å². The number of hydrogen-bond donors (Lipinski definition) is 3. The van der Waals surface area contributed by atoms with E-state index >= 15 is 0 Å². The van der Waals surface area contributed by atoms with Gasteiger partial charge in [-0.1, -0.05) is 42.5 Å². The van der Waals surface area contributed by atoms with Crippen molar-refractivity contribution in [1.29, 1.82) is 0 Å². The van der Waals surface area contributed by atoms with Crippen molar-refractivity contribution in [3.8, 4) is 0 Å². The van der Waals surface area contributed by atoms with E-state index in [-0.39, 0.29) is 0 Å². The van der Waals surface area contributed by atoms with Crippen LogP contribution in [-0.2, 0) is 15.8 Å². The summed E-state index contributed by atoms with van der Waals surface area (Å²) in [5.41, 5.74) is -1.07. The highest BCUT2D eigenvalue weighted by Gasteiger charge is 2.44. The third kappa shape index (κ3) is 5.54. The van der Waals surface area contributed by atoms with Gasteiger partial charge in [0.2, 0.25) is 11.8 Å². The Bertz CT molecular complexity index is 929. The van der Waals surface area contributed by atoms with E-state index in [1.807, 2.05) is 0 Å². The zero-order valence-corrected chi connectivity index (χ0v) is 15.7. The molecule has 5 nitrogen and oxygen atoms in total. The second-order valence-electron chi connectivity index (χ2n) is 6.94. The Kier molecular flexibility index (Phi) is 6.25. The molecule has 1 fully saturated rings. The van der Waals surface area contributed by atoms with Crippen LogP contribution in [0.15, 0.2) is 54.6 Å². The molecule has 1 aliphatic heterocycles. The second-order valence-corrected chi connectivity index (χ2v) is 6.94. The molecule has 0 bridgehead atoms. The maximum atomic E-state index is 13.5. The summed E-state index contributed by atoms with van der Waals surface area (Å²) < 4.78 is 78.7. The SMILES string of the molecule is O=C1CC(C(=O)NC(c2ccc(C(F)(F)F)cc2)C(F)(F)F)NC(c2ccccc2)N1. The number of carbonyl (C=O) groups is 2. The van der Waals surface area contributed by atoms with Gasteiger partial charge in [0.05, 0.1) is 18.0 Å². The highest BCUT2D eigenvalue weighted by Crippen LogP contribution is 2.35. The number of nitrogens with one attached hydrogen (secondary N) is 3. The van der Waals surface area contributed by atoms with E-state index in [0.29, 0.717) is 29.8 Å². The topological polar surface area (TPSA) is 70.2 Å². The maximum Gasteiger partial charge on any atom is 0.416 e. The number of carbonyl (C=O) groups excluding carboxylic acids is 2. The number of benzene rings is 2. The van der Waals surface area contributed by atoms with Gasteiger partial charge in [-0.05, 0) is 23.3 Å². The van der Waals surface area contributed by atoms with Crippen LogP contribution < -0.4 is 16.0 Å². The lowest BCUT2D eigenvalue weighted by atomic mass is 10.0. The van der Waals surface area contributed by atoms with Gasteiger partial charge in [0, 0.05) is 0 Å². The minimum absolute atomic E-state index is 0.396. The molecule has 3 unspecified atom stereocenters. The predicted molar refractivity (Wildman–Crippen MR) is 97.2 cm³/mol. The molecule has 11 heteroatoms. The van der Waals surface area contributed by atoms with E-state index in [9.17, 15) is 35.9 Å². The quantitative estimate of drug-likeness (QED) is 0.630. The minimum atomic E-state index is -4.97. The van der Waals surface area contributed by atoms with Crippen molar-refractivity contribution in [2.45, 2.75) is 37.0 Å². The van der Waals surface area contributed by atoms with Crippen molar-refractivity contribution >= 4 is 11.8 Å². The normalized spacial score (nSPS) is 20.6. The third-order valence-corrected chi connectivity index (χ3v) is 4.70. The highest BCUT2D eigenvalue weighted by molar-refractivity contribution is 5.90. The van der Waals surface area contributed by atoms with Crippen LogP contribution in [0.3, 0.4) is 0 Å². The highest BCUT2D eigenvalue weighted by atomic mass is 19.4. The first kappa shape index (κ1) is 22.6. The molecule has 0 aromatic heterocycles. The summed E-state index contributed by atoms with van der Waals surface area (Å²) in [6, 6.07) is 6.99. The second kappa shape index (κ2) is 8.58. The van der Waals surface area contributed by atoms with Crippen molar-refractivity contribution in [3.05, 3.63) is 71.3 Å². The fourth-order valence-electron chi connectivity index (χ4n) is 3.16. The number of amides is 2. The molecule has 3 rings (SSSR count). The van der Waals surface area contributed by atoms with Crippen molar-refractivity contribution in [3.63, 3.8) is 0 Å². The zero-order valence-electron chi connectivity index (χ0n) is 15.7. The lowest BCUT2D eigenvalue weighted by Crippen LogP contribution is -2.57. The Morgan fingerprint density at radius 2 is 1.58 bits per heavy atom. The number of hydrogen-bond acceptors (Lipinski definition) is 3. The molecule has 2 aromatic carbocycles. The number of rotatable bonds is 4. The van der Waals surface area contributed by atoms with Gasteiger partial charge in [-0.2, -0.15) is 26.3 Å². The molecule has 1 heterocycles. The molecule has 1 saturated heterocycles. The summed E-state index contributed by atoms with van der Waals surface area (Å²) in [4.78, 5) is 24.5. The van der Waals surface area contributed by atoms with Gasteiger partial charge in [-0.25, -0.2) is 0 Å². The molecule has 0 saturated carbocycles. The van der Waals surface area contributed by atoms with Crippen LogP contribution in [0.1, 0.15) is 35.3 Å². The van der Waals surface area contributed by atoms with Crippen molar-refractivity contribution in [1.82, 2.24) is 16.0 Å². The van der Waals surface area contributed by atoms with Gasteiger partial charge < -0.3 is 10.6 Å². The summed E-state index contributed by atoms with van der Waals surface area (Å²) in [5.74, 6) is -1.64. The van der Waals surface area contributed by atoms with Gasteiger partial charge >= 0.3 is 12.4 Å². The average molecular weight is 445 g/mol. The Morgan fingerprint density at radius 1 is 0.968 bits per heavy atom. The summed E-state index contributed by atoms with van der Waals surface area (Å²) in [7, 11) is 0. The van der Waals surface area contributed by atoms with Crippen LogP contribution in [0.4, 0.5) is 26.3 Å². The van der Waals surface area contributed by atoms with Crippen LogP contribution in [0.2, 0.25) is 0 Å². The monoisotopic (exact) mass is 445 g/mol. The van der Waals surface area contributed by atoms with E-state index in [1.54, 1.807) is 35.6 Å². The van der Waals surface area contributed by atoms with Crippen LogP contribution in [0, 0.1) is 0 Å². The third-order valence-electron chi connectivity index (χ3n) is 4.70. The zero-order chi connectivity index (χ0) is 22.8. The molecule has 0 radical (unpaired) electrons. The van der Waals surface area contributed by atoms with Gasteiger partial charge in [-0.15, -0.1) is 0 Å². The summed E-state index contributed by atoms with van der Waals surface area (Å²) >= 11 is 0. The van der Waals surface area contributed by atoms with E-state index < -0.39 is 60.0 Å². The standard InChI is InChI=1S/C20H17F6N3O2/c21-19(22,23)13-8-6-11(7-9-13)16(20(24,25)26)29-18(31)14-10-15(30)28-17(27-14)12-4-2-1-3-5-12/h1-9,14,16-17,27H,10H2,(H,28,30)(H,29,31). The lowest BCUT2D eigenvalue weighted by molar-refractivity contribution is -0.164. The van der Waals surface area contributed by atoms with E-state index in [4.69, 9.17) is 0 Å². The Labute approximate surface area is 172 Å². The molecular weight excluding hydrogens is 428 g/mol. The average Bonchev–Trinajstić information content (AvgIpc) is 2.70. The molecule has 0 aliphatic carbocycles. The first-order valence-electron chi connectivity index (χ1n) is 9.10. The van der Waals surface area contributed by atoms with Crippen molar-refractivity contribution in [2.75, 3.05) is 0 Å². The van der Waals surface area contributed by atoms with Crippen LogP contribution >= 0.6 is 0 Å². The minimum Gasteiger partial charge on any atom is -0.339 e. The Morgan fingerprint density at radius 3 is 2.13 bits per heavy atom. The summed E-state index contributed by atoms with van der Waals surface area (Å²) in [5, 5.41) is 7.18. The molecule has 31 heavy (non-hydrogen) atoms. The number of halogens is 6. The fourth-order valence-corrected chi connectivity index (χ4v) is 3.16. The van der Waals surface area contributed by atoms with Gasteiger partial charge in [0.25, 0.3) is 0 Å².